The summed E-state index contributed by atoms with van der Waals surface area (Å²) in [5.41, 5.74) is 0. The van der Waals surface area contributed by atoms with E-state index in [1.807, 2.05) is 72.9 Å². The molecule has 0 aromatic carbocycles. The van der Waals surface area contributed by atoms with Gasteiger partial charge in [0.1, 0.15) is 13.2 Å². The van der Waals surface area contributed by atoms with E-state index in [9.17, 15) is 14.4 Å². The quantitative estimate of drug-likeness (QED) is 0.0200. The van der Waals surface area contributed by atoms with Crippen molar-refractivity contribution in [2.75, 3.05) is 13.2 Å². The first-order chi connectivity index (χ1) is 30.5. The molecule has 0 fully saturated rings. The van der Waals surface area contributed by atoms with Crippen LogP contribution in [0.4, 0.5) is 0 Å². The number of carbonyl (C=O) groups is 3. The van der Waals surface area contributed by atoms with Crippen molar-refractivity contribution in [3.05, 3.63) is 109 Å². The van der Waals surface area contributed by atoms with Gasteiger partial charge in [0.25, 0.3) is 0 Å². The Labute approximate surface area is 380 Å². The van der Waals surface area contributed by atoms with Gasteiger partial charge in [0.15, 0.2) is 6.10 Å². The zero-order chi connectivity index (χ0) is 45.1. The van der Waals surface area contributed by atoms with Gasteiger partial charge in [0, 0.05) is 19.3 Å². The number of ether oxygens (including phenoxy) is 3. The average Bonchev–Trinajstić information content (AvgIpc) is 3.27. The maximum absolute atomic E-state index is 12.8. The van der Waals surface area contributed by atoms with Crippen molar-refractivity contribution in [2.45, 2.75) is 213 Å². The van der Waals surface area contributed by atoms with Gasteiger partial charge in [-0.25, -0.2) is 0 Å². The van der Waals surface area contributed by atoms with E-state index in [2.05, 4.69) is 57.2 Å². The SMILES string of the molecule is CC\C=C/C=C\C=C/C=C\C=C\C=C/C=C\CCCCCC(=O)OCC(COC(=O)CCCCCC/C=C\CCCC)OC(=O)CCCCCCCCC/C=C\CCCCCC. The fourth-order valence-electron chi connectivity index (χ4n) is 6.40. The van der Waals surface area contributed by atoms with Crippen LogP contribution in [0.3, 0.4) is 0 Å². The Morgan fingerprint density at radius 1 is 0.339 bits per heavy atom. The van der Waals surface area contributed by atoms with Gasteiger partial charge >= 0.3 is 17.9 Å². The number of esters is 3. The first kappa shape index (κ1) is 58.1. The third-order valence-corrected chi connectivity index (χ3v) is 10.2. The van der Waals surface area contributed by atoms with Gasteiger partial charge in [0.05, 0.1) is 0 Å². The summed E-state index contributed by atoms with van der Waals surface area (Å²) in [5, 5.41) is 0. The third-order valence-electron chi connectivity index (χ3n) is 10.2. The summed E-state index contributed by atoms with van der Waals surface area (Å²) in [6.07, 6.45) is 66.4. The second-order valence-corrected chi connectivity index (χ2v) is 16.2. The Balaban J connectivity index is 4.50. The standard InChI is InChI=1S/C56H90O6/c1-4-7-10-13-16-19-22-24-26-27-28-29-31-32-34-37-40-43-46-49-55(58)61-52-53(51-60-54(57)48-45-42-39-36-21-18-15-12-9-6-3)62-56(59)50-47-44-41-38-35-33-30-25-23-20-17-14-11-8-5-2/h7,10,13,15-16,18-20,22-24,26-29,31-32,34,53H,4-6,8-9,11-12,14,17,21,25,30,33,35-52H2,1-3H3/b10-7-,16-13-,18-15-,22-19-,23-20-,26-24-,28-27+,31-29-,34-32-. The lowest BCUT2D eigenvalue weighted by molar-refractivity contribution is -0.167. The molecule has 0 rings (SSSR count). The van der Waals surface area contributed by atoms with Crippen LogP contribution in [0.15, 0.2) is 109 Å². The summed E-state index contributed by atoms with van der Waals surface area (Å²) in [7, 11) is 0. The smallest absolute Gasteiger partial charge is 0.306 e. The first-order valence-electron chi connectivity index (χ1n) is 25.0. The Kier molecular flexibility index (Phi) is 46.6. The van der Waals surface area contributed by atoms with Crippen LogP contribution in [0.5, 0.6) is 0 Å². The first-order valence-corrected chi connectivity index (χ1v) is 25.0. The van der Waals surface area contributed by atoms with E-state index in [1.165, 1.54) is 77.0 Å². The van der Waals surface area contributed by atoms with Crippen LogP contribution in [0.2, 0.25) is 0 Å². The molecule has 1 unspecified atom stereocenters. The molecule has 62 heavy (non-hydrogen) atoms. The summed E-state index contributed by atoms with van der Waals surface area (Å²) in [6, 6.07) is 0. The minimum atomic E-state index is -0.804. The zero-order valence-electron chi connectivity index (χ0n) is 39.8. The van der Waals surface area contributed by atoms with Crippen molar-refractivity contribution in [3.63, 3.8) is 0 Å². The van der Waals surface area contributed by atoms with E-state index in [4.69, 9.17) is 14.2 Å². The van der Waals surface area contributed by atoms with E-state index >= 15 is 0 Å². The maximum atomic E-state index is 12.8. The summed E-state index contributed by atoms with van der Waals surface area (Å²) in [6.45, 7) is 6.36. The molecule has 0 aliphatic rings. The molecule has 0 heterocycles. The van der Waals surface area contributed by atoms with Crippen LogP contribution in [0.25, 0.3) is 0 Å². The van der Waals surface area contributed by atoms with Crippen molar-refractivity contribution in [1.82, 2.24) is 0 Å². The van der Waals surface area contributed by atoms with Crippen LogP contribution in [0, 0.1) is 0 Å². The molecule has 0 spiro atoms. The lowest BCUT2D eigenvalue weighted by Gasteiger charge is -2.18. The van der Waals surface area contributed by atoms with Crippen LogP contribution in [-0.2, 0) is 28.6 Å². The number of hydrogen-bond acceptors (Lipinski definition) is 6. The van der Waals surface area contributed by atoms with Crippen LogP contribution in [0.1, 0.15) is 207 Å². The largest absolute Gasteiger partial charge is 0.462 e. The summed E-state index contributed by atoms with van der Waals surface area (Å²) in [5.74, 6) is -0.974. The lowest BCUT2D eigenvalue weighted by atomic mass is 10.1. The molecule has 6 heteroatoms. The summed E-state index contributed by atoms with van der Waals surface area (Å²) < 4.78 is 16.7. The van der Waals surface area contributed by atoms with Crippen molar-refractivity contribution >= 4 is 17.9 Å². The molecular formula is C56H90O6. The number of hydrogen-bond donors (Lipinski definition) is 0. The molecular weight excluding hydrogens is 769 g/mol. The number of carbonyl (C=O) groups excluding carboxylic acids is 3. The summed E-state index contributed by atoms with van der Waals surface area (Å²) in [4.78, 5) is 37.9. The van der Waals surface area contributed by atoms with Gasteiger partial charge < -0.3 is 14.2 Å². The van der Waals surface area contributed by atoms with Crippen molar-refractivity contribution in [3.8, 4) is 0 Å². The van der Waals surface area contributed by atoms with Gasteiger partial charge in [-0.15, -0.1) is 0 Å². The molecule has 0 amide bonds. The molecule has 0 saturated heterocycles. The van der Waals surface area contributed by atoms with Gasteiger partial charge in [-0.2, -0.15) is 0 Å². The van der Waals surface area contributed by atoms with Gasteiger partial charge in [-0.05, 0) is 83.5 Å². The topological polar surface area (TPSA) is 78.9 Å². The predicted molar refractivity (Wildman–Crippen MR) is 265 cm³/mol. The predicted octanol–water partition coefficient (Wildman–Crippen LogP) is 16.4. The second-order valence-electron chi connectivity index (χ2n) is 16.2. The highest BCUT2D eigenvalue weighted by Crippen LogP contribution is 2.13. The van der Waals surface area contributed by atoms with E-state index in [0.717, 1.165) is 89.9 Å². The molecule has 0 N–H and O–H groups in total. The Hall–Kier alpha value is -3.93. The fourth-order valence-corrected chi connectivity index (χ4v) is 6.40. The van der Waals surface area contributed by atoms with E-state index < -0.39 is 6.10 Å². The van der Waals surface area contributed by atoms with Crippen LogP contribution >= 0.6 is 0 Å². The lowest BCUT2D eigenvalue weighted by Crippen LogP contribution is -2.30. The normalized spacial score (nSPS) is 13.0. The van der Waals surface area contributed by atoms with Crippen molar-refractivity contribution in [2.24, 2.45) is 0 Å². The summed E-state index contributed by atoms with van der Waals surface area (Å²) >= 11 is 0. The van der Waals surface area contributed by atoms with Crippen molar-refractivity contribution < 1.29 is 28.6 Å². The van der Waals surface area contributed by atoms with Crippen LogP contribution < -0.4 is 0 Å². The molecule has 350 valence electrons. The Bertz CT molecular complexity index is 1310. The second kappa shape index (κ2) is 49.7. The monoisotopic (exact) mass is 859 g/mol. The van der Waals surface area contributed by atoms with E-state index in [-0.39, 0.29) is 31.1 Å². The minimum Gasteiger partial charge on any atom is -0.462 e. The van der Waals surface area contributed by atoms with Gasteiger partial charge in [0.2, 0.25) is 0 Å². The van der Waals surface area contributed by atoms with Crippen LogP contribution in [-0.4, -0.2) is 37.2 Å². The van der Waals surface area contributed by atoms with E-state index in [1.54, 1.807) is 0 Å². The van der Waals surface area contributed by atoms with Gasteiger partial charge in [-0.1, -0.05) is 214 Å². The minimum absolute atomic E-state index is 0.103. The van der Waals surface area contributed by atoms with Crippen molar-refractivity contribution in [1.29, 1.82) is 0 Å². The highest BCUT2D eigenvalue weighted by Gasteiger charge is 2.19. The molecule has 0 bridgehead atoms. The molecule has 6 nitrogen and oxygen atoms in total. The molecule has 0 aromatic rings. The molecule has 0 radical (unpaired) electrons. The number of rotatable bonds is 43. The van der Waals surface area contributed by atoms with Gasteiger partial charge in [-0.3, -0.25) is 14.4 Å². The molecule has 0 aromatic heterocycles. The highest BCUT2D eigenvalue weighted by atomic mass is 16.6. The number of allylic oxidation sites excluding steroid dienone is 18. The maximum Gasteiger partial charge on any atom is 0.306 e. The zero-order valence-corrected chi connectivity index (χ0v) is 39.8. The molecule has 1 atom stereocenters. The molecule has 0 saturated carbocycles. The fraction of sp³-hybridized carbons (Fsp3) is 0.625. The average molecular weight is 859 g/mol. The molecule has 0 aliphatic heterocycles. The highest BCUT2D eigenvalue weighted by molar-refractivity contribution is 5.71. The third kappa shape index (κ3) is 47.1. The van der Waals surface area contributed by atoms with E-state index in [0.29, 0.717) is 19.3 Å². The molecule has 0 aliphatic carbocycles. The Morgan fingerprint density at radius 2 is 0.661 bits per heavy atom. The Morgan fingerprint density at radius 3 is 1.10 bits per heavy atom. The number of unbranched alkanes of at least 4 members (excludes halogenated alkanes) is 20.